The number of nitrogens with one attached hydrogen (secondary N) is 2. The zero-order valence-electron chi connectivity index (χ0n) is 15.7. The summed E-state index contributed by atoms with van der Waals surface area (Å²) in [4.78, 5) is 27.9. The third-order valence-electron chi connectivity index (χ3n) is 3.02. The lowest BCUT2D eigenvalue weighted by atomic mass is 10.3. The van der Waals surface area contributed by atoms with Crippen molar-refractivity contribution in [3.8, 4) is 0 Å². The van der Waals surface area contributed by atoms with Gasteiger partial charge in [-0.05, 0) is 45.6 Å². The zero-order valence-corrected chi connectivity index (χ0v) is 15.7. The van der Waals surface area contributed by atoms with Crippen LogP contribution < -0.4 is 10.6 Å². The Balaban J connectivity index is 2.48. The molecule has 0 aliphatic heterocycles. The Hall–Kier alpha value is -3.55. The van der Waals surface area contributed by atoms with Crippen LogP contribution in [0.5, 0.6) is 0 Å². The molecule has 0 atom stereocenters. The Kier molecular flexibility index (Phi) is 8.31. The van der Waals surface area contributed by atoms with Gasteiger partial charge in [-0.25, -0.2) is 4.99 Å². The first kappa shape index (κ1) is 21.5. The number of ether oxygens (including phenoxy) is 1. The Bertz CT molecular complexity index is 807. The maximum absolute atomic E-state index is 12.0. The summed E-state index contributed by atoms with van der Waals surface area (Å²) in [6, 6.07) is 3.53. The van der Waals surface area contributed by atoms with Gasteiger partial charge in [-0.2, -0.15) is 10.2 Å². The largest absolute Gasteiger partial charge is 0.436 e. The molecule has 0 aliphatic carbocycles. The van der Waals surface area contributed by atoms with Gasteiger partial charge in [0.15, 0.2) is 11.6 Å². The van der Waals surface area contributed by atoms with E-state index in [0.717, 1.165) is 5.69 Å². The summed E-state index contributed by atoms with van der Waals surface area (Å²) in [5.41, 5.74) is 1.95. The lowest BCUT2D eigenvalue weighted by Crippen LogP contribution is -2.29. The van der Waals surface area contributed by atoms with Crippen molar-refractivity contribution in [2.45, 2.75) is 27.3 Å². The monoisotopic (exact) mass is 369 g/mol. The molecule has 0 fully saturated rings. The number of carbonyl (C=O) groups is 2. The highest BCUT2D eigenvalue weighted by Crippen LogP contribution is 2.04. The van der Waals surface area contributed by atoms with Crippen molar-refractivity contribution in [1.29, 1.82) is 0 Å². The van der Waals surface area contributed by atoms with Crippen LogP contribution in [0.4, 0.5) is 0 Å². The number of hydrogen-bond acceptors (Lipinski definition) is 6. The van der Waals surface area contributed by atoms with Crippen LogP contribution in [0.2, 0.25) is 0 Å². The van der Waals surface area contributed by atoms with Crippen molar-refractivity contribution in [3.05, 3.63) is 72.7 Å². The van der Waals surface area contributed by atoms with Crippen LogP contribution in [-0.2, 0) is 20.9 Å². The highest BCUT2D eigenvalue weighted by atomic mass is 16.5. The summed E-state index contributed by atoms with van der Waals surface area (Å²) in [6.45, 7) is 16.1. The minimum Gasteiger partial charge on any atom is -0.436 e. The predicted octanol–water partition coefficient (Wildman–Crippen LogP) is 2.07. The van der Waals surface area contributed by atoms with Gasteiger partial charge in [-0.3, -0.25) is 14.9 Å². The number of aryl methyl sites for hydroxylation is 1. The van der Waals surface area contributed by atoms with Crippen LogP contribution in [0.3, 0.4) is 0 Å². The van der Waals surface area contributed by atoms with E-state index in [1.165, 1.54) is 0 Å². The fourth-order valence-corrected chi connectivity index (χ4v) is 1.75. The van der Waals surface area contributed by atoms with E-state index in [-0.39, 0.29) is 23.9 Å². The van der Waals surface area contributed by atoms with Gasteiger partial charge in [0.05, 0.1) is 17.9 Å². The lowest BCUT2D eigenvalue weighted by molar-refractivity contribution is -0.122. The van der Waals surface area contributed by atoms with Crippen molar-refractivity contribution in [2.24, 2.45) is 4.99 Å². The molecule has 2 amide bonds. The fraction of sp³-hybridized carbons (Fsp3) is 0.211. The molecule has 142 valence electrons. The number of aromatic nitrogens is 2. The van der Waals surface area contributed by atoms with E-state index in [9.17, 15) is 9.59 Å². The predicted molar refractivity (Wildman–Crippen MR) is 103 cm³/mol. The molecule has 2 N–H and O–H groups in total. The first-order valence-corrected chi connectivity index (χ1v) is 8.04. The second-order valence-corrected chi connectivity index (χ2v) is 5.45. The third-order valence-corrected chi connectivity index (χ3v) is 3.02. The van der Waals surface area contributed by atoms with Crippen molar-refractivity contribution in [2.75, 3.05) is 0 Å². The van der Waals surface area contributed by atoms with Gasteiger partial charge in [-0.1, -0.05) is 19.2 Å². The Morgan fingerprint density at radius 3 is 2.52 bits per heavy atom. The van der Waals surface area contributed by atoms with Gasteiger partial charge >= 0.3 is 0 Å². The molecule has 0 spiro atoms. The molecular weight excluding hydrogens is 346 g/mol. The molecule has 0 aromatic carbocycles. The molecule has 1 aromatic rings. The zero-order chi connectivity index (χ0) is 20.4. The number of rotatable bonds is 9. The van der Waals surface area contributed by atoms with Crippen molar-refractivity contribution < 1.29 is 14.3 Å². The minimum atomic E-state index is -0.605. The maximum atomic E-state index is 12.0. The van der Waals surface area contributed by atoms with Gasteiger partial charge in [0.2, 0.25) is 0 Å². The highest BCUT2D eigenvalue weighted by Gasteiger charge is 2.13. The minimum absolute atomic E-state index is 0.0247. The normalized spacial score (nSPS) is 11.0. The SMILES string of the molecule is C=C(NC(=O)C(=C)N=C(C)/C=C\C)OC(=C)C(=O)NCc1ccc(C)nn1. The summed E-state index contributed by atoms with van der Waals surface area (Å²) >= 11 is 0. The maximum Gasteiger partial charge on any atom is 0.286 e. The van der Waals surface area contributed by atoms with Gasteiger partial charge in [0.1, 0.15) is 5.70 Å². The molecule has 1 rings (SSSR count). The van der Waals surface area contributed by atoms with Crippen LogP contribution in [0.25, 0.3) is 0 Å². The summed E-state index contributed by atoms with van der Waals surface area (Å²) in [5.74, 6) is -1.59. The van der Waals surface area contributed by atoms with E-state index >= 15 is 0 Å². The van der Waals surface area contributed by atoms with Crippen molar-refractivity contribution in [3.63, 3.8) is 0 Å². The number of amides is 2. The van der Waals surface area contributed by atoms with Gasteiger partial charge in [0, 0.05) is 5.71 Å². The highest BCUT2D eigenvalue weighted by molar-refractivity contribution is 6.00. The van der Waals surface area contributed by atoms with Gasteiger partial charge in [-0.15, -0.1) is 0 Å². The van der Waals surface area contributed by atoms with E-state index in [0.29, 0.717) is 11.4 Å². The second kappa shape index (κ2) is 10.4. The first-order chi connectivity index (χ1) is 12.7. The van der Waals surface area contributed by atoms with Crippen LogP contribution >= 0.6 is 0 Å². The average Bonchev–Trinajstić information content (AvgIpc) is 2.60. The summed E-state index contributed by atoms with van der Waals surface area (Å²) in [5, 5.41) is 12.7. The van der Waals surface area contributed by atoms with E-state index in [2.05, 4.69) is 45.6 Å². The van der Waals surface area contributed by atoms with Crippen LogP contribution in [-0.4, -0.2) is 27.7 Å². The molecule has 27 heavy (non-hydrogen) atoms. The standard InChI is InChI=1S/C19H23N5O3/c1-7-8-12(2)21-14(4)18(25)22-16(6)27-15(5)19(26)20-11-17-10-9-13(3)23-24-17/h7-10H,4-6,11H2,1-3H3,(H,20,26)(H,22,25)/b8-7-,21-12?. The topological polar surface area (TPSA) is 106 Å². The molecule has 8 nitrogen and oxygen atoms in total. The number of aliphatic imine (C=N–C) groups is 1. The van der Waals surface area contributed by atoms with E-state index in [1.807, 2.05) is 13.8 Å². The Morgan fingerprint density at radius 2 is 1.93 bits per heavy atom. The van der Waals surface area contributed by atoms with E-state index in [4.69, 9.17) is 4.74 Å². The molecule has 8 heteroatoms. The smallest absolute Gasteiger partial charge is 0.286 e. The summed E-state index contributed by atoms with van der Waals surface area (Å²) < 4.78 is 5.12. The number of allylic oxidation sites excluding steroid dienone is 2. The van der Waals surface area contributed by atoms with Crippen LogP contribution in [0, 0.1) is 6.92 Å². The molecular formula is C19H23N5O3. The van der Waals surface area contributed by atoms with Crippen LogP contribution in [0.1, 0.15) is 25.2 Å². The van der Waals surface area contributed by atoms with Gasteiger partial charge in [0.25, 0.3) is 11.8 Å². The summed E-state index contributed by atoms with van der Waals surface area (Å²) in [6.07, 6.45) is 3.52. The van der Waals surface area contributed by atoms with Crippen molar-refractivity contribution >= 4 is 17.5 Å². The lowest BCUT2D eigenvalue weighted by Gasteiger charge is -2.12. The number of hydrogen-bond donors (Lipinski definition) is 2. The van der Waals surface area contributed by atoms with Crippen molar-refractivity contribution in [1.82, 2.24) is 20.8 Å². The van der Waals surface area contributed by atoms with E-state index < -0.39 is 11.8 Å². The molecule has 0 aliphatic rings. The molecule has 1 aromatic heterocycles. The Labute approximate surface area is 158 Å². The number of nitrogens with zero attached hydrogens (tertiary/aromatic N) is 3. The molecule has 0 saturated carbocycles. The molecule has 0 bridgehead atoms. The third kappa shape index (κ3) is 7.91. The molecule has 0 unspecified atom stereocenters. The Morgan fingerprint density at radius 1 is 1.22 bits per heavy atom. The van der Waals surface area contributed by atoms with Crippen LogP contribution in [0.15, 0.2) is 66.4 Å². The molecule has 0 radical (unpaired) electrons. The fourth-order valence-electron chi connectivity index (χ4n) is 1.75. The van der Waals surface area contributed by atoms with Gasteiger partial charge < -0.3 is 10.1 Å². The molecule has 0 saturated heterocycles. The van der Waals surface area contributed by atoms with E-state index in [1.54, 1.807) is 31.2 Å². The number of carbonyl (C=O) groups excluding carboxylic acids is 2. The molecule has 1 heterocycles. The average molecular weight is 369 g/mol. The quantitative estimate of drug-likeness (QED) is 0.394. The second-order valence-electron chi connectivity index (χ2n) is 5.45. The first-order valence-electron chi connectivity index (χ1n) is 8.04. The summed E-state index contributed by atoms with van der Waals surface area (Å²) in [7, 11) is 0.